The Bertz CT molecular complexity index is 580. The molecule has 2 aromatic heterocycles. The monoisotopic (exact) mass is 284 g/mol. The molecule has 0 atom stereocenters. The van der Waals surface area contributed by atoms with Crippen LogP contribution >= 0.6 is 0 Å². The minimum Gasteiger partial charge on any atom is -0.355 e. The van der Waals surface area contributed by atoms with Crippen LogP contribution in [-0.4, -0.2) is 46.3 Å². The van der Waals surface area contributed by atoms with E-state index >= 15 is 0 Å². The minimum absolute atomic E-state index is 0.833. The van der Waals surface area contributed by atoms with E-state index in [9.17, 15) is 0 Å². The molecule has 0 bridgehead atoms. The van der Waals surface area contributed by atoms with E-state index in [1.54, 1.807) is 6.20 Å². The van der Waals surface area contributed by atoms with Gasteiger partial charge in [0.2, 0.25) is 0 Å². The molecule has 1 aliphatic rings. The van der Waals surface area contributed by atoms with Crippen LogP contribution in [0.15, 0.2) is 24.4 Å². The summed E-state index contributed by atoms with van der Waals surface area (Å²) in [6.07, 6.45) is 2.79. The Morgan fingerprint density at radius 3 is 2.38 bits per heavy atom. The Morgan fingerprint density at radius 2 is 1.71 bits per heavy atom. The van der Waals surface area contributed by atoms with Crippen molar-refractivity contribution in [2.24, 2.45) is 0 Å². The predicted molar refractivity (Wildman–Crippen MR) is 82.6 cm³/mol. The van der Waals surface area contributed by atoms with Crippen molar-refractivity contribution in [1.29, 1.82) is 0 Å². The Hall–Kier alpha value is -2.24. The van der Waals surface area contributed by atoms with Crippen LogP contribution in [0.25, 0.3) is 0 Å². The molecule has 110 valence electrons. The molecule has 6 heteroatoms. The molecule has 0 N–H and O–H groups in total. The van der Waals surface area contributed by atoms with Crippen LogP contribution < -0.4 is 9.80 Å². The highest BCUT2D eigenvalue weighted by atomic mass is 15.3. The minimum atomic E-state index is 0.833. The highest BCUT2D eigenvalue weighted by molar-refractivity contribution is 5.42. The lowest BCUT2D eigenvalue weighted by Gasteiger charge is -2.23. The first kappa shape index (κ1) is 13.7. The number of nitrogens with zero attached hydrogens (tertiary/aromatic N) is 6. The normalized spacial score (nSPS) is 15.9. The summed E-state index contributed by atoms with van der Waals surface area (Å²) in [5.41, 5.74) is 1.02. The number of rotatable bonds is 2. The van der Waals surface area contributed by atoms with Gasteiger partial charge in [-0.05, 0) is 32.4 Å². The molecule has 6 nitrogen and oxygen atoms in total. The van der Waals surface area contributed by atoms with Gasteiger partial charge in [0.1, 0.15) is 11.6 Å². The zero-order chi connectivity index (χ0) is 14.7. The van der Waals surface area contributed by atoms with E-state index < -0.39 is 0 Å². The fraction of sp³-hybridized carbons (Fsp3) is 0.467. The molecular formula is C15H20N6. The lowest BCUT2D eigenvalue weighted by Crippen LogP contribution is -2.31. The lowest BCUT2D eigenvalue weighted by molar-refractivity contribution is 0.784. The summed E-state index contributed by atoms with van der Waals surface area (Å²) in [6, 6.07) is 6.01. The van der Waals surface area contributed by atoms with Crippen LogP contribution in [0.5, 0.6) is 0 Å². The summed E-state index contributed by atoms with van der Waals surface area (Å²) >= 11 is 0. The van der Waals surface area contributed by atoms with Gasteiger partial charge in [0, 0.05) is 44.1 Å². The summed E-state index contributed by atoms with van der Waals surface area (Å²) in [6.45, 7) is 7.83. The zero-order valence-electron chi connectivity index (χ0n) is 12.5. The first-order valence-electron chi connectivity index (χ1n) is 7.32. The number of hydrogen-bond donors (Lipinski definition) is 0. The largest absolute Gasteiger partial charge is 0.355 e. The van der Waals surface area contributed by atoms with Crippen molar-refractivity contribution in [3.05, 3.63) is 35.9 Å². The maximum absolute atomic E-state index is 4.57. The van der Waals surface area contributed by atoms with Gasteiger partial charge in [-0.15, -0.1) is 5.10 Å². The van der Waals surface area contributed by atoms with E-state index in [0.717, 1.165) is 55.8 Å². The van der Waals surface area contributed by atoms with Gasteiger partial charge >= 0.3 is 0 Å². The summed E-state index contributed by atoms with van der Waals surface area (Å²) in [7, 11) is 0. The number of hydrogen-bond acceptors (Lipinski definition) is 6. The molecule has 1 saturated heterocycles. The lowest BCUT2D eigenvalue weighted by atomic mass is 10.3. The SMILES string of the molecule is Cc1cc(N2CCCN(c3cccnn3)CC2)nc(C)n1. The van der Waals surface area contributed by atoms with E-state index in [0.29, 0.717) is 0 Å². The quantitative estimate of drug-likeness (QED) is 0.835. The van der Waals surface area contributed by atoms with Gasteiger partial charge in [-0.25, -0.2) is 9.97 Å². The third kappa shape index (κ3) is 3.26. The van der Waals surface area contributed by atoms with Crippen LogP contribution in [0.3, 0.4) is 0 Å². The van der Waals surface area contributed by atoms with Gasteiger partial charge in [0.25, 0.3) is 0 Å². The summed E-state index contributed by atoms with van der Waals surface area (Å²) < 4.78 is 0. The number of aryl methyl sites for hydroxylation is 2. The van der Waals surface area contributed by atoms with Crippen molar-refractivity contribution in [2.45, 2.75) is 20.3 Å². The maximum Gasteiger partial charge on any atom is 0.151 e. The molecule has 0 aliphatic carbocycles. The summed E-state index contributed by atoms with van der Waals surface area (Å²) in [5, 5.41) is 8.17. The molecule has 0 spiro atoms. The van der Waals surface area contributed by atoms with E-state index in [1.807, 2.05) is 26.0 Å². The van der Waals surface area contributed by atoms with E-state index in [2.05, 4.69) is 36.0 Å². The van der Waals surface area contributed by atoms with E-state index in [-0.39, 0.29) is 0 Å². The first-order chi connectivity index (χ1) is 10.2. The van der Waals surface area contributed by atoms with Crippen LogP contribution in [0.1, 0.15) is 17.9 Å². The topological polar surface area (TPSA) is 58.0 Å². The third-order valence-corrected chi connectivity index (χ3v) is 3.65. The highest BCUT2D eigenvalue weighted by Crippen LogP contribution is 2.17. The average Bonchev–Trinajstić information content (AvgIpc) is 2.73. The van der Waals surface area contributed by atoms with E-state index in [1.165, 1.54) is 0 Å². The molecular weight excluding hydrogens is 264 g/mol. The predicted octanol–water partition coefficient (Wildman–Crippen LogP) is 1.60. The molecule has 2 aromatic rings. The zero-order valence-corrected chi connectivity index (χ0v) is 12.5. The van der Waals surface area contributed by atoms with Crippen molar-refractivity contribution in [3.8, 4) is 0 Å². The fourth-order valence-corrected chi connectivity index (χ4v) is 2.70. The van der Waals surface area contributed by atoms with Gasteiger partial charge in [0.15, 0.2) is 5.82 Å². The number of aromatic nitrogens is 4. The summed E-state index contributed by atoms with van der Waals surface area (Å²) in [5.74, 6) is 2.82. The molecule has 1 fully saturated rings. The third-order valence-electron chi connectivity index (χ3n) is 3.65. The molecule has 0 unspecified atom stereocenters. The van der Waals surface area contributed by atoms with Gasteiger partial charge in [-0.2, -0.15) is 5.10 Å². The van der Waals surface area contributed by atoms with Crippen molar-refractivity contribution >= 4 is 11.6 Å². The van der Waals surface area contributed by atoms with Gasteiger partial charge < -0.3 is 9.80 Å². The Morgan fingerprint density at radius 1 is 0.952 bits per heavy atom. The standard InChI is InChI=1S/C15H20N6/c1-12-11-15(18-13(2)17-12)21-8-4-7-20(9-10-21)14-5-3-6-16-19-14/h3,5-6,11H,4,7-10H2,1-2H3. The van der Waals surface area contributed by atoms with Gasteiger partial charge in [-0.3, -0.25) is 0 Å². The van der Waals surface area contributed by atoms with Crippen LogP contribution in [0.4, 0.5) is 11.6 Å². The molecule has 0 radical (unpaired) electrons. The molecule has 3 heterocycles. The highest BCUT2D eigenvalue weighted by Gasteiger charge is 2.17. The smallest absolute Gasteiger partial charge is 0.151 e. The Kier molecular flexibility index (Phi) is 3.94. The van der Waals surface area contributed by atoms with Crippen molar-refractivity contribution in [2.75, 3.05) is 36.0 Å². The second-order valence-corrected chi connectivity index (χ2v) is 5.32. The van der Waals surface area contributed by atoms with Crippen LogP contribution in [0.2, 0.25) is 0 Å². The van der Waals surface area contributed by atoms with Crippen molar-refractivity contribution in [1.82, 2.24) is 20.2 Å². The van der Waals surface area contributed by atoms with Gasteiger partial charge in [0.05, 0.1) is 0 Å². The molecule has 3 rings (SSSR count). The molecule has 1 aliphatic heterocycles. The van der Waals surface area contributed by atoms with Crippen LogP contribution in [0, 0.1) is 13.8 Å². The molecule has 21 heavy (non-hydrogen) atoms. The van der Waals surface area contributed by atoms with Crippen LogP contribution in [-0.2, 0) is 0 Å². The average molecular weight is 284 g/mol. The van der Waals surface area contributed by atoms with E-state index in [4.69, 9.17) is 0 Å². The van der Waals surface area contributed by atoms with Gasteiger partial charge in [-0.1, -0.05) is 0 Å². The second kappa shape index (κ2) is 6.03. The molecule has 0 amide bonds. The molecule has 0 aromatic carbocycles. The van der Waals surface area contributed by atoms with Crippen molar-refractivity contribution in [3.63, 3.8) is 0 Å². The number of anilines is 2. The fourth-order valence-electron chi connectivity index (χ4n) is 2.70. The first-order valence-corrected chi connectivity index (χ1v) is 7.32. The Labute approximate surface area is 124 Å². The molecule has 0 saturated carbocycles. The maximum atomic E-state index is 4.57. The van der Waals surface area contributed by atoms with Crippen molar-refractivity contribution < 1.29 is 0 Å². The second-order valence-electron chi connectivity index (χ2n) is 5.32. The summed E-state index contributed by atoms with van der Waals surface area (Å²) in [4.78, 5) is 13.5. The Balaban J connectivity index is 1.73.